The zero-order valence-corrected chi connectivity index (χ0v) is 10.8. The molecule has 0 heterocycles. The summed E-state index contributed by atoms with van der Waals surface area (Å²) in [5.74, 6) is -2.33. The van der Waals surface area contributed by atoms with Crippen LogP contribution in [0.2, 0.25) is 0 Å². The van der Waals surface area contributed by atoms with E-state index in [1.54, 1.807) is 24.3 Å². The Balaban J connectivity index is 2.66. The molecule has 0 amide bonds. The van der Waals surface area contributed by atoms with E-state index in [-0.39, 0.29) is 6.54 Å². The number of nitrogens with one attached hydrogen (secondary N) is 1. The van der Waals surface area contributed by atoms with Crippen molar-refractivity contribution in [1.29, 1.82) is 0 Å². The molecule has 8 heteroatoms. The number of hydrogen-bond acceptors (Lipinski definition) is 4. The van der Waals surface area contributed by atoms with Gasteiger partial charge in [0, 0.05) is 18.7 Å². The second kappa shape index (κ2) is 6.99. The highest BCUT2D eigenvalue weighted by Crippen LogP contribution is 2.26. The van der Waals surface area contributed by atoms with E-state index in [0.717, 1.165) is 5.56 Å². The number of amidine groups is 1. The fraction of sp³-hybridized carbons (Fsp3) is 0.417. The average Bonchev–Trinajstić information content (AvgIpc) is 2.41. The Kier molecular flexibility index (Phi) is 5.63. The van der Waals surface area contributed by atoms with Gasteiger partial charge in [0.1, 0.15) is 11.7 Å². The molecule has 1 rings (SSSR count). The van der Waals surface area contributed by atoms with E-state index in [1.807, 2.05) is 0 Å². The van der Waals surface area contributed by atoms with Crippen molar-refractivity contribution in [2.24, 2.45) is 16.8 Å². The van der Waals surface area contributed by atoms with E-state index in [0.29, 0.717) is 5.75 Å². The first-order chi connectivity index (χ1) is 9.40. The highest BCUT2D eigenvalue weighted by molar-refractivity contribution is 5.83. The molecule has 0 aliphatic heterocycles. The first-order valence-corrected chi connectivity index (χ1v) is 5.77. The number of oxime groups is 1. The van der Waals surface area contributed by atoms with Crippen LogP contribution in [0.15, 0.2) is 29.4 Å². The van der Waals surface area contributed by atoms with Gasteiger partial charge in [-0.05, 0) is 6.07 Å². The van der Waals surface area contributed by atoms with Crippen LogP contribution in [0.1, 0.15) is 5.56 Å². The normalized spacial score (nSPS) is 14.1. The molecular weight excluding hydrogens is 275 g/mol. The Hall–Kier alpha value is -1.96. The third kappa shape index (κ3) is 4.30. The quantitative estimate of drug-likeness (QED) is 0.323. The van der Waals surface area contributed by atoms with Gasteiger partial charge in [-0.3, -0.25) is 0 Å². The highest BCUT2D eigenvalue weighted by Gasteiger charge is 2.42. The third-order valence-corrected chi connectivity index (χ3v) is 2.72. The van der Waals surface area contributed by atoms with Crippen LogP contribution in [-0.4, -0.2) is 30.9 Å². The van der Waals surface area contributed by atoms with Crippen LogP contribution < -0.4 is 15.8 Å². The van der Waals surface area contributed by atoms with Crippen molar-refractivity contribution in [3.63, 3.8) is 0 Å². The zero-order chi connectivity index (χ0) is 15.2. The molecule has 0 radical (unpaired) electrons. The molecule has 0 aromatic heterocycles. The summed E-state index contributed by atoms with van der Waals surface area (Å²) in [7, 11) is 1.48. The lowest BCUT2D eigenvalue weighted by molar-refractivity contribution is -0.154. The summed E-state index contributed by atoms with van der Waals surface area (Å²) in [6.45, 7) is -0.313. The van der Waals surface area contributed by atoms with Crippen LogP contribution in [-0.2, 0) is 6.54 Å². The molecule has 0 saturated carbocycles. The summed E-state index contributed by atoms with van der Waals surface area (Å²) in [4.78, 5) is 0. The van der Waals surface area contributed by atoms with Gasteiger partial charge < -0.3 is 21.0 Å². The molecule has 1 atom stereocenters. The van der Waals surface area contributed by atoms with Crippen molar-refractivity contribution in [1.82, 2.24) is 5.32 Å². The fourth-order valence-electron chi connectivity index (χ4n) is 1.66. The Morgan fingerprint density at radius 3 is 2.65 bits per heavy atom. The molecule has 0 spiro atoms. The largest absolute Gasteiger partial charge is 0.496 e. The van der Waals surface area contributed by atoms with Crippen molar-refractivity contribution in [2.45, 2.75) is 12.7 Å². The molecule has 4 N–H and O–H groups in total. The molecular formula is C12H16F3N3O2. The summed E-state index contributed by atoms with van der Waals surface area (Å²) in [5.41, 5.74) is 5.77. The number of benzene rings is 1. The number of para-hydroxylation sites is 1. The van der Waals surface area contributed by atoms with Gasteiger partial charge in [-0.15, -0.1) is 0 Å². The standard InChI is InChI=1S/C12H16F3N3O2/c1-20-10-5-3-2-4-8(10)6-17-7-9(11(16)18-19)12(13,14)15/h2-5,9,17,19H,6-7H2,1H3,(H2,16,18). The number of hydrogen-bond donors (Lipinski definition) is 3. The lowest BCUT2D eigenvalue weighted by Crippen LogP contribution is -2.42. The SMILES string of the molecule is COc1ccccc1CNCC(/C(N)=N/O)C(F)(F)F. The van der Waals surface area contributed by atoms with Gasteiger partial charge in [-0.1, -0.05) is 23.4 Å². The maximum atomic E-state index is 12.7. The fourth-order valence-corrected chi connectivity index (χ4v) is 1.66. The highest BCUT2D eigenvalue weighted by atomic mass is 19.4. The molecule has 0 bridgehead atoms. The minimum Gasteiger partial charge on any atom is -0.496 e. The second-order valence-electron chi connectivity index (χ2n) is 4.06. The molecule has 1 aromatic rings. The van der Waals surface area contributed by atoms with Crippen molar-refractivity contribution in [2.75, 3.05) is 13.7 Å². The van der Waals surface area contributed by atoms with Crippen LogP contribution >= 0.6 is 0 Å². The lowest BCUT2D eigenvalue weighted by atomic mass is 10.1. The van der Waals surface area contributed by atoms with Gasteiger partial charge in [0.25, 0.3) is 0 Å². The number of rotatable bonds is 6. The number of alkyl halides is 3. The molecule has 20 heavy (non-hydrogen) atoms. The van der Waals surface area contributed by atoms with Crippen LogP contribution in [0.25, 0.3) is 0 Å². The minimum atomic E-state index is -4.58. The predicted molar refractivity (Wildman–Crippen MR) is 67.7 cm³/mol. The predicted octanol–water partition coefficient (Wildman–Crippen LogP) is 1.71. The summed E-state index contributed by atoms with van der Waals surface area (Å²) in [6, 6.07) is 6.96. The lowest BCUT2D eigenvalue weighted by Gasteiger charge is -2.19. The second-order valence-corrected chi connectivity index (χ2v) is 4.06. The zero-order valence-electron chi connectivity index (χ0n) is 10.8. The third-order valence-electron chi connectivity index (χ3n) is 2.72. The molecule has 1 aromatic carbocycles. The summed E-state index contributed by atoms with van der Waals surface area (Å²) in [5, 5.41) is 13.4. The molecule has 0 aliphatic rings. The van der Waals surface area contributed by atoms with Crippen LogP contribution in [0.3, 0.4) is 0 Å². The maximum Gasteiger partial charge on any atom is 0.400 e. The Morgan fingerprint density at radius 1 is 1.45 bits per heavy atom. The Bertz CT molecular complexity index is 464. The molecule has 0 fully saturated rings. The van der Waals surface area contributed by atoms with Gasteiger partial charge >= 0.3 is 6.18 Å². The van der Waals surface area contributed by atoms with E-state index in [2.05, 4.69) is 10.5 Å². The van der Waals surface area contributed by atoms with E-state index < -0.39 is 24.5 Å². The number of nitrogens with zero attached hydrogens (tertiary/aromatic N) is 1. The van der Waals surface area contributed by atoms with Gasteiger partial charge in [0.15, 0.2) is 5.84 Å². The van der Waals surface area contributed by atoms with Crippen molar-refractivity contribution in [3.05, 3.63) is 29.8 Å². The van der Waals surface area contributed by atoms with Gasteiger partial charge in [0.2, 0.25) is 0 Å². The number of nitrogens with two attached hydrogens (primary N) is 1. The Labute approximate surface area is 114 Å². The number of ether oxygens (including phenoxy) is 1. The van der Waals surface area contributed by atoms with Gasteiger partial charge in [-0.2, -0.15) is 13.2 Å². The summed E-state index contributed by atoms with van der Waals surface area (Å²) >= 11 is 0. The molecule has 112 valence electrons. The first kappa shape index (κ1) is 16.1. The van der Waals surface area contributed by atoms with Crippen LogP contribution in [0.5, 0.6) is 5.75 Å². The molecule has 0 aliphatic carbocycles. The average molecular weight is 291 g/mol. The van der Waals surface area contributed by atoms with Crippen molar-refractivity contribution < 1.29 is 23.1 Å². The van der Waals surface area contributed by atoms with Crippen molar-refractivity contribution >= 4 is 5.84 Å². The monoisotopic (exact) mass is 291 g/mol. The van der Waals surface area contributed by atoms with Gasteiger partial charge in [0.05, 0.1) is 7.11 Å². The summed E-state index contributed by atoms with van der Waals surface area (Å²) in [6.07, 6.45) is -4.58. The van der Waals surface area contributed by atoms with E-state index in [1.165, 1.54) is 7.11 Å². The van der Waals surface area contributed by atoms with E-state index >= 15 is 0 Å². The molecule has 0 saturated heterocycles. The van der Waals surface area contributed by atoms with E-state index in [9.17, 15) is 13.2 Å². The smallest absolute Gasteiger partial charge is 0.400 e. The Morgan fingerprint density at radius 2 is 2.10 bits per heavy atom. The van der Waals surface area contributed by atoms with Gasteiger partial charge in [-0.25, -0.2) is 0 Å². The van der Waals surface area contributed by atoms with Crippen LogP contribution in [0, 0.1) is 5.92 Å². The number of methoxy groups -OCH3 is 1. The first-order valence-electron chi connectivity index (χ1n) is 5.77. The maximum absolute atomic E-state index is 12.7. The van der Waals surface area contributed by atoms with E-state index in [4.69, 9.17) is 15.7 Å². The van der Waals surface area contributed by atoms with Crippen molar-refractivity contribution in [3.8, 4) is 5.75 Å². The topological polar surface area (TPSA) is 79.9 Å². The molecule has 1 unspecified atom stereocenters. The molecule has 5 nitrogen and oxygen atoms in total. The summed E-state index contributed by atoms with van der Waals surface area (Å²) < 4.78 is 43.2. The number of halogens is 3. The minimum absolute atomic E-state index is 0.176. The van der Waals surface area contributed by atoms with Crippen LogP contribution in [0.4, 0.5) is 13.2 Å².